The van der Waals surface area contributed by atoms with Gasteiger partial charge in [0.1, 0.15) is 23.3 Å². The Kier molecular flexibility index (Phi) is 7.19. The summed E-state index contributed by atoms with van der Waals surface area (Å²) in [6.07, 6.45) is 1.03. The van der Waals surface area contributed by atoms with Gasteiger partial charge in [0, 0.05) is 25.3 Å². The largest absolute Gasteiger partial charge is 0.435 e. The van der Waals surface area contributed by atoms with Gasteiger partial charge in [0.2, 0.25) is 0 Å². The van der Waals surface area contributed by atoms with Gasteiger partial charge >= 0.3 is 6.18 Å². The Morgan fingerprint density at radius 3 is 2.41 bits per heavy atom. The summed E-state index contributed by atoms with van der Waals surface area (Å²) >= 11 is 5.64. The first-order valence-corrected chi connectivity index (χ1v) is 12.1. The molecule has 0 unspecified atom stereocenters. The van der Waals surface area contributed by atoms with Crippen molar-refractivity contribution in [2.45, 2.75) is 43.9 Å². The minimum absolute atomic E-state index is 0.00912. The van der Waals surface area contributed by atoms with Gasteiger partial charge in [-0.15, -0.1) is 0 Å². The number of anilines is 1. The normalized spacial score (nSPS) is 21.2. The van der Waals surface area contributed by atoms with Gasteiger partial charge in [0.15, 0.2) is 11.5 Å². The third-order valence-corrected chi connectivity index (χ3v) is 6.83. The van der Waals surface area contributed by atoms with Crippen LogP contribution in [0.3, 0.4) is 0 Å². The maximum atomic E-state index is 14.7. The molecule has 2 fully saturated rings. The van der Waals surface area contributed by atoms with Crippen molar-refractivity contribution in [3.05, 3.63) is 47.1 Å². The Morgan fingerprint density at radius 1 is 1.05 bits per heavy atom. The topological polar surface area (TPSA) is 98.3 Å². The van der Waals surface area contributed by atoms with E-state index in [1.165, 1.54) is 6.20 Å². The van der Waals surface area contributed by atoms with Crippen molar-refractivity contribution in [3.63, 3.8) is 0 Å². The number of alkyl halides is 3. The van der Waals surface area contributed by atoms with Crippen LogP contribution in [0, 0.1) is 5.82 Å². The standard InChI is InChI=1S/C23H23ClF4N6O3/c24-22-30-17(12-37-22)21(35)29-16-11-34(14-3-1-13(2-4-14)33-7-9-36-10-8-33)32-20(16)19-15(25)5-6-18(31-19)23(26,27)28/h5-6,11-14H,1-4,7-10H2,(H,29,35)/t13-,14-. The Balaban J connectivity index is 1.44. The number of amides is 1. The summed E-state index contributed by atoms with van der Waals surface area (Å²) in [7, 11) is 0. The van der Waals surface area contributed by atoms with Crippen molar-refractivity contribution in [1.29, 1.82) is 0 Å². The van der Waals surface area contributed by atoms with Crippen molar-refractivity contribution in [1.82, 2.24) is 24.6 Å². The average molecular weight is 543 g/mol. The van der Waals surface area contributed by atoms with Gasteiger partial charge < -0.3 is 14.5 Å². The summed E-state index contributed by atoms with van der Waals surface area (Å²) in [6.45, 7) is 3.17. The molecule has 0 spiro atoms. The molecule has 37 heavy (non-hydrogen) atoms. The third-order valence-electron chi connectivity index (χ3n) is 6.65. The van der Waals surface area contributed by atoms with Gasteiger partial charge in [-0.1, -0.05) is 0 Å². The van der Waals surface area contributed by atoms with E-state index in [1.807, 2.05) is 0 Å². The second-order valence-electron chi connectivity index (χ2n) is 8.95. The maximum Gasteiger partial charge on any atom is 0.433 e. The summed E-state index contributed by atoms with van der Waals surface area (Å²) in [6, 6.07) is 1.56. The first kappa shape index (κ1) is 25.6. The van der Waals surface area contributed by atoms with Crippen molar-refractivity contribution in [3.8, 4) is 11.4 Å². The van der Waals surface area contributed by atoms with Gasteiger partial charge in [-0.3, -0.25) is 14.4 Å². The predicted octanol–water partition coefficient (Wildman–Crippen LogP) is 4.81. The van der Waals surface area contributed by atoms with E-state index in [0.29, 0.717) is 31.4 Å². The smallest absolute Gasteiger partial charge is 0.433 e. The highest BCUT2D eigenvalue weighted by atomic mass is 35.5. The molecular formula is C23H23ClF4N6O3. The molecule has 3 aromatic heterocycles. The quantitative estimate of drug-likeness (QED) is 0.462. The van der Waals surface area contributed by atoms with Crippen LogP contribution < -0.4 is 5.32 Å². The van der Waals surface area contributed by atoms with Gasteiger partial charge in [0.25, 0.3) is 11.3 Å². The monoisotopic (exact) mass is 542 g/mol. The number of ether oxygens (including phenoxy) is 1. The number of morpholine rings is 1. The van der Waals surface area contributed by atoms with E-state index in [9.17, 15) is 22.4 Å². The molecule has 1 N–H and O–H groups in total. The predicted molar refractivity (Wildman–Crippen MR) is 124 cm³/mol. The van der Waals surface area contributed by atoms with Crippen molar-refractivity contribution in [2.24, 2.45) is 0 Å². The van der Waals surface area contributed by atoms with Gasteiger partial charge in [-0.2, -0.15) is 23.3 Å². The van der Waals surface area contributed by atoms with Gasteiger partial charge in [-0.05, 0) is 49.4 Å². The Bertz CT molecular complexity index is 1270. The van der Waals surface area contributed by atoms with Gasteiger partial charge in [-0.25, -0.2) is 9.37 Å². The molecule has 3 aromatic rings. The van der Waals surface area contributed by atoms with Crippen LogP contribution in [0.2, 0.25) is 5.35 Å². The number of aromatic nitrogens is 4. The van der Waals surface area contributed by atoms with E-state index in [0.717, 1.165) is 45.0 Å². The van der Waals surface area contributed by atoms with Crippen molar-refractivity contribution >= 4 is 23.2 Å². The molecule has 4 heterocycles. The molecule has 0 aromatic carbocycles. The first-order valence-electron chi connectivity index (χ1n) is 11.8. The Hall–Kier alpha value is -3.03. The summed E-state index contributed by atoms with van der Waals surface area (Å²) in [5.74, 6) is -1.76. The van der Waals surface area contributed by atoms with Crippen LogP contribution in [0.1, 0.15) is 47.9 Å². The number of oxazole rings is 1. The van der Waals surface area contributed by atoms with Crippen LogP contribution in [0.25, 0.3) is 11.4 Å². The summed E-state index contributed by atoms with van der Waals surface area (Å²) in [5.41, 5.74) is -2.28. The van der Waals surface area contributed by atoms with E-state index in [2.05, 4.69) is 25.3 Å². The lowest BCUT2D eigenvalue weighted by Crippen LogP contribution is -2.45. The molecule has 9 nitrogen and oxygen atoms in total. The molecular weight excluding hydrogens is 520 g/mol. The number of nitrogens with zero attached hydrogens (tertiary/aromatic N) is 5. The molecule has 1 aliphatic heterocycles. The highest BCUT2D eigenvalue weighted by Gasteiger charge is 2.35. The van der Waals surface area contributed by atoms with Crippen LogP contribution in [-0.4, -0.2) is 62.9 Å². The van der Waals surface area contributed by atoms with Crippen molar-refractivity contribution < 1.29 is 31.5 Å². The van der Waals surface area contributed by atoms with Crippen LogP contribution in [0.15, 0.2) is 29.0 Å². The number of halogens is 5. The molecule has 0 radical (unpaired) electrons. The third kappa shape index (κ3) is 5.63. The summed E-state index contributed by atoms with van der Waals surface area (Å²) in [5, 5.41) is 6.68. The zero-order valence-corrected chi connectivity index (χ0v) is 20.2. The summed E-state index contributed by atoms with van der Waals surface area (Å²) in [4.78, 5) is 22.3. The Morgan fingerprint density at radius 2 is 1.76 bits per heavy atom. The zero-order valence-electron chi connectivity index (χ0n) is 19.5. The minimum Gasteiger partial charge on any atom is -0.435 e. The van der Waals surface area contributed by atoms with E-state index in [4.69, 9.17) is 20.8 Å². The summed E-state index contributed by atoms with van der Waals surface area (Å²) < 4.78 is 66.5. The van der Waals surface area contributed by atoms with Gasteiger partial charge in [0.05, 0.1) is 24.9 Å². The number of rotatable bonds is 5. The zero-order chi connectivity index (χ0) is 26.2. The lowest BCUT2D eigenvalue weighted by molar-refractivity contribution is -0.141. The van der Waals surface area contributed by atoms with Crippen LogP contribution in [0.4, 0.5) is 23.2 Å². The number of pyridine rings is 1. The van der Waals surface area contributed by atoms with Crippen LogP contribution >= 0.6 is 11.6 Å². The average Bonchev–Trinajstić information content (AvgIpc) is 3.51. The molecule has 2 aliphatic rings. The minimum atomic E-state index is -4.79. The lowest BCUT2D eigenvalue weighted by atomic mass is 9.90. The number of carbonyl (C=O) groups is 1. The van der Waals surface area contributed by atoms with Crippen LogP contribution in [-0.2, 0) is 10.9 Å². The number of hydrogen-bond acceptors (Lipinski definition) is 7. The molecule has 0 bridgehead atoms. The fourth-order valence-electron chi connectivity index (χ4n) is 4.78. The molecule has 1 aliphatic carbocycles. The van der Waals surface area contributed by atoms with E-state index in [-0.39, 0.29) is 28.5 Å². The molecule has 1 saturated heterocycles. The Labute approximate surface area is 213 Å². The molecule has 14 heteroatoms. The lowest BCUT2D eigenvalue weighted by Gasteiger charge is -2.38. The number of hydrogen-bond donors (Lipinski definition) is 1. The van der Waals surface area contributed by atoms with E-state index >= 15 is 0 Å². The fraction of sp³-hybridized carbons (Fsp3) is 0.478. The SMILES string of the molecule is O=C(Nc1cn([C@H]2CC[C@H](N3CCOCC3)CC2)nc1-c1nc(C(F)(F)F)ccc1F)c1coc(Cl)n1. The molecule has 5 rings (SSSR count). The van der Waals surface area contributed by atoms with E-state index < -0.39 is 29.3 Å². The number of carbonyl (C=O) groups excluding carboxylic acids is 1. The van der Waals surface area contributed by atoms with E-state index in [1.54, 1.807) is 4.68 Å². The van der Waals surface area contributed by atoms with Crippen molar-refractivity contribution in [2.75, 3.05) is 31.6 Å². The molecule has 1 saturated carbocycles. The second-order valence-corrected chi connectivity index (χ2v) is 9.27. The highest BCUT2D eigenvalue weighted by molar-refractivity contribution is 6.28. The maximum absolute atomic E-state index is 14.7. The molecule has 1 amide bonds. The number of nitrogens with one attached hydrogen (secondary N) is 1. The molecule has 0 atom stereocenters. The first-order chi connectivity index (χ1) is 17.7. The fourth-order valence-corrected chi connectivity index (χ4v) is 4.92. The molecule has 198 valence electrons. The van der Waals surface area contributed by atoms with Crippen LogP contribution in [0.5, 0.6) is 0 Å². The highest BCUT2D eigenvalue weighted by Crippen LogP contribution is 2.36. The second kappa shape index (κ2) is 10.4.